The highest BCUT2D eigenvalue weighted by molar-refractivity contribution is 7.99. The molecule has 0 unspecified atom stereocenters. The quantitative estimate of drug-likeness (QED) is 0.775. The molecule has 2 aliphatic heterocycles. The van der Waals surface area contributed by atoms with Crippen LogP contribution in [0.4, 0.5) is 0 Å². The predicted octanol–water partition coefficient (Wildman–Crippen LogP) is 1.64. The number of nitrogens with zero attached hydrogens (tertiary/aromatic N) is 1. The monoisotopic (exact) mass is 361 g/mol. The highest BCUT2D eigenvalue weighted by Crippen LogP contribution is 2.20. The van der Waals surface area contributed by atoms with Gasteiger partial charge in [-0.1, -0.05) is 30.3 Å². The first-order chi connectivity index (χ1) is 12.2. The van der Waals surface area contributed by atoms with Gasteiger partial charge in [0.2, 0.25) is 11.8 Å². The molecule has 136 valence electrons. The Balaban J connectivity index is 1.31. The van der Waals surface area contributed by atoms with Gasteiger partial charge in [-0.15, -0.1) is 11.8 Å². The molecular formula is C19H27N3O2S. The average Bonchev–Trinajstić information content (AvgIpc) is 3.32. The van der Waals surface area contributed by atoms with Gasteiger partial charge in [0.15, 0.2) is 0 Å². The summed E-state index contributed by atoms with van der Waals surface area (Å²) < 4.78 is 0. The Morgan fingerprint density at radius 1 is 1.28 bits per heavy atom. The van der Waals surface area contributed by atoms with Crippen molar-refractivity contribution in [2.45, 2.75) is 31.7 Å². The van der Waals surface area contributed by atoms with Gasteiger partial charge in [-0.2, -0.15) is 0 Å². The van der Waals surface area contributed by atoms with Gasteiger partial charge in [-0.25, -0.2) is 0 Å². The maximum Gasteiger partial charge on any atom is 0.240 e. The van der Waals surface area contributed by atoms with Gasteiger partial charge in [-0.05, 0) is 30.7 Å². The van der Waals surface area contributed by atoms with Crippen LogP contribution in [0, 0.1) is 5.92 Å². The van der Waals surface area contributed by atoms with Crippen molar-refractivity contribution in [3.8, 4) is 0 Å². The SMILES string of the molecule is O=C(CCCc1ccccc1)NC[C@@H]1CN[C@H](C(=O)N2CCSC2)C1. The Kier molecular flexibility index (Phi) is 6.76. The molecule has 2 aliphatic rings. The summed E-state index contributed by atoms with van der Waals surface area (Å²) in [6.45, 7) is 2.34. The Bertz CT molecular complexity index is 575. The average molecular weight is 362 g/mol. The second kappa shape index (κ2) is 9.25. The molecule has 0 saturated carbocycles. The third kappa shape index (κ3) is 5.47. The normalized spacial score (nSPS) is 23.0. The molecule has 2 fully saturated rings. The lowest BCUT2D eigenvalue weighted by Gasteiger charge is -2.19. The van der Waals surface area contributed by atoms with Gasteiger partial charge in [0.1, 0.15) is 0 Å². The molecule has 25 heavy (non-hydrogen) atoms. The van der Waals surface area contributed by atoms with E-state index in [1.807, 2.05) is 34.9 Å². The van der Waals surface area contributed by atoms with Crippen LogP contribution in [0.15, 0.2) is 30.3 Å². The summed E-state index contributed by atoms with van der Waals surface area (Å²) in [6, 6.07) is 10.2. The van der Waals surface area contributed by atoms with Crippen molar-refractivity contribution in [1.82, 2.24) is 15.5 Å². The van der Waals surface area contributed by atoms with Crippen LogP contribution in [-0.4, -0.2) is 54.0 Å². The predicted molar refractivity (Wildman–Crippen MR) is 101 cm³/mol. The van der Waals surface area contributed by atoms with E-state index in [9.17, 15) is 9.59 Å². The zero-order valence-electron chi connectivity index (χ0n) is 14.6. The van der Waals surface area contributed by atoms with E-state index >= 15 is 0 Å². The van der Waals surface area contributed by atoms with E-state index < -0.39 is 0 Å². The van der Waals surface area contributed by atoms with E-state index in [4.69, 9.17) is 0 Å². The van der Waals surface area contributed by atoms with Crippen molar-refractivity contribution in [1.29, 1.82) is 0 Å². The molecule has 3 rings (SSSR count). The van der Waals surface area contributed by atoms with Crippen LogP contribution < -0.4 is 10.6 Å². The summed E-state index contributed by atoms with van der Waals surface area (Å²) in [6.07, 6.45) is 3.18. The molecule has 0 aliphatic carbocycles. The third-order valence-electron chi connectivity index (χ3n) is 4.88. The lowest BCUT2D eigenvalue weighted by molar-refractivity contribution is -0.131. The molecule has 0 aromatic heterocycles. The van der Waals surface area contributed by atoms with E-state index in [0.717, 1.165) is 44.0 Å². The molecule has 2 amide bonds. The molecule has 5 nitrogen and oxygen atoms in total. The lowest BCUT2D eigenvalue weighted by Crippen LogP contribution is -2.42. The molecule has 2 N–H and O–H groups in total. The first-order valence-corrected chi connectivity index (χ1v) is 10.3. The maximum atomic E-state index is 12.4. The van der Waals surface area contributed by atoms with E-state index in [1.54, 1.807) is 0 Å². The lowest BCUT2D eigenvalue weighted by atomic mass is 10.0. The number of carbonyl (C=O) groups excluding carboxylic acids is 2. The van der Waals surface area contributed by atoms with Gasteiger partial charge in [-0.3, -0.25) is 9.59 Å². The van der Waals surface area contributed by atoms with Crippen LogP contribution in [0.1, 0.15) is 24.8 Å². The van der Waals surface area contributed by atoms with Gasteiger partial charge in [0.05, 0.1) is 11.9 Å². The summed E-state index contributed by atoms with van der Waals surface area (Å²) in [5.74, 6) is 2.55. The van der Waals surface area contributed by atoms with Crippen molar-refractivity contribution in [2.75, 3.05) is 31.3 Å². The van der Waals surface area contributed by atoms with Crippen LogP contribution in [0.25, 0.3) is 0 Å². The highest BCUT2D eigenvalue weighted by Gasteiger charge is 2.33. The minimum Gasteiger partial charge on any atom is -0.356 e. The number of aryl methyl sites for hydroxylation is 1. The summed E-state index contributed by atoms with van der Waals surface area (Å²) in [5.41, 5.74) is 1.27. The number of hydrogen-bond acceptors (Lipinski definition) is 4. The van der Waals surface area contributed by atoms with Crippen molar-refractivity contribution >= 4 is 23.6 Å². The molecule has 0 spiro atoms. The van der Waals surface area contributed by atoms with Crippen LogP contribution in [0.2, 0.25) is 0 Å². The third-order valence-corrected chi connectivity index (χ3v) is 5.85. The first-order valence-electron chi connectivity index (χ1n) is 9.13. The second-order valence-corrected chi connectivity index (χ2v) is 7.92. The summed E-state index contributed by atoms with van der Waals surface area (Å²) >= 11 is 1.81. The van der Waals surface area contributed by atoms with Crippen LogP contribution >= 0.6 is 11.8 Å². The topological polar surface area (TPSA) is 61.4 Å². The fraction of sp³-hybridized carbons (Fsp3) is 0.579. The van der Waals surface area contributed by atoms with Gasteiger partial charge in [0, 0.05) is 31.8 Å². The van der Waals surface area contributed by atoms with Crippen molar-refractivity contribution in [3.05, 3.63) is 35.9 Å². The Morgan fingerprint density at radius 2 is 2.12 bits per heavy atom. The molecule has 0 radical (unpaired) electrons. The minimum atomic E-state index is -0.0707. The van der Waals surface area contributed by atoms with Gasteiger partial charge < -0.3 is 15.5 Å². The number of rotatable bonds is 7. The van der Waals surface area contributed by atoms with Gasteiger partial charge >= 0.3 is 0 Å². The number of thioether (sulfide) groups is 1. The number of hydrogen-bond donors (Lipinski definition) is 2. The summed E-state index contributed by atoms with van der Waals surface area (Å²) in [5, 5.41) is 6.35. The number of carbonyl (C=O) groups is 2. The van der Waals surface area contributed by atoms with Crippen molar-refractivity contribution in [2.24, 2.45) is 5.92 Å². The Hall–Kier alpha value is -1.53. The van der Waals surface area contributed by atoms with Crippen LogP contribution in [-0.2, 0) is 16.0 Å². The highest BCUT2D eigenvalue weighted by atomic mass is 32.2. The summed E-state index contributed by atoms with van der Waals surface area (Å²) in [7, 11) is 0. The first kappa shape index (κ1) is 18.3. The Morgan fingerprint density at radius 3 is 2.88 bits per heavy atom. The van der Waals surface area contributed by atoms with E-state index in [1.165, 1.54) is 5.56 Å². The van der Waals surface area contributed by atoms with Crippen LogP contribution in [0.3, 0.4) is 0 Å². The second-order valence-electron chi connectivity index (χ2n) is 6.84. The molecule has 1 aromatic rings. The molecule has 0 bridgehead atoms. The summed E-state index contributed by atoms with van der Waals surface area (Å²) in [4.78, 5) is 26.3. The standard InChI is InChI=1S/C19H27N3O2S/c23-18(8-4-7-15-5-2-1-3-6-15)21-13-16-11-17(20-12-16)19(24)22-9-10-25-14-22/h1-3,5-6,16-17,20H,4,7-14H2,(H,21,23)/t16-,17-/m0/s1. The molecule has 6 heteroatoms. The Labute approximate surface area is 153 Å². The molecule has 2 saturated heterocycles. The molecule has 1 aromatic carbocycles. The number of nitrogens with one attached hydrogen (secondary N) is 2. The maximum absolute atomic E-state index is 12.4. The number of benzene rings is 1. The van der Waals surface area contributed by atoms with E-state index in [2.05, 4.69) is 22.8 Å². The van der Waals surface area contributed by atoms with E-state index in [0.29, 0.717) is 18.9 Å². The fourth-order valence-electron chi connectivity index (χ4n) is 3.41. The smallest absolute Gasteiger partial charge is 0.240 e. The van der Waals surface area contributed by atoms with E-state index in [-0.39, 0.29) is 17.9 Å². The molecular weight excluding hydrogens is 334 g/mol. The number of amides is 2. The van der Waals surface area contributed by atoms with Crippen molar-refractivity contribution < 1.29 is 9.59 Å². The van der Waals surface area contributed by atoms with Gasteiger partial charge in [0.25, 0.3) is 0 Å². The minimum absolute atomic E-state index is 0.0707. The van der Waals surface area contributed by atoms with Crippen LogP contribution in [0.5, 0.6) is 0 Å². The molecule has 2 heterocycles. The van der Waals surface area contributed by atoms with Crippen molar-refractivity contribution in [3.63, 3.8) is 0 Å². The largest absolute Gasteiger partial charge is 0.356 e. The molecule has 2 atom stereocenters. The zero-order valence-corrected chi connectivity index (χ0v) is 15.4. The fourth-order valence-corrected chi connectivity index (χ4v) is 4.36. The zero-order chi connectivity index (χ0) is 17.5.